The van der Waals surface area contributed by atoms with Crippen LogP contribution in [0.1, 0.15) is 16.8 Å². The topological polar surface area (TPSA) is 23.6 Å². The fourth-order valence-electron chi connectivity index (χ4n) is 1.73. The van der Waals surface area contributed by atoms with Crippen molar-refractivity contribution in [3.63, 3.8) is 0 Å². The van der Waals surface area contributed by atoms with E-state index >= 15 is 0 Å². The third kappa shape index (κ3) is 5.38. The van der Waals surface area contributed by atoms with Gasteiger partial charge in [0.15, 0.2) is 5.78 Å². The molecule has 0 N–H and O–H groups in total. The maximum Gasteiger partial charge on any atom is 0.176 e. The van der Waals surface area contributed by atoms with Crippen LogP contribution in [0.15, 0.2) is 24.3 Å². The predicted octanol–water partition coefficient (Wildman–Crippen LogP) is 1.89. The summed E-state index contributed by atoms with van der Waals surface area (Å²) in [5.74, 6) is -0.405. The number of benzene rings is 1. The summed E-state index contributed by atoms with van der Waals surface area (Å²) in [6, 6.07) is 5.85. The molecule has 0 amide bonds. The van der Waals surface area contributed by atoms with Crippen molar-refractivity contribution in [1.29, 1.82) is 0 Å². The van der Waals surface area contributed by atoms with Gasteiger partial charge < -0.3 is 4.90 Å². The van der Waals surface area contributed by atoms with Gasteiger partial charge in [0.2, 0.25) is 0 Å². The monoisotopic (exact) mass is 252 g/mol. The fraction of sp³-hybridized carbons (Fsp3) is 0.500. The zero-order chi connectivity index (χ0) is 13.5. The van der Waals surface area contributed by atoms with E-state index in [4.69, 9.17) is 0 Å². The average Bonchev–Trinajstić information content (AvgIpc) is 2.28. The molecule has 1 aromatic carbocycles. The van der Waals surface area contributed by atoms with Gasteiger partial charge in [0.25, 0.3) is 0 Å². The van der Waals surface area contributed by atoms with Gasteiger partial charge in [-0.2, -0.15) is 0 Å². The standard InChI is InChI=1S/C14H21FN2O/c1-16(2)8-5-9-17(3)11-14(18)12-6-4-7-13(15)10-12/h4,6-7,10H,5,8-9,11H2,1-3H3. The van der Waals surface area contributed by atoms with Gasteiger partial charge in [-0.3, -0.25) is 9.69 Å². The van der Waals surface area contributed by atoms with E-state index in [1.165, 1.54) is 12.1 Å². The van der Waals surface area contributed by atoms with E-state index in [1.807, 2.05) is 26.0 Å². The van der Waals surface area contributed by atoms with Gasteiger partial charge in [0.05, 0.1) is 6.54 Å². The largest absolute Gasteiger partial charge is 0.309 e. The summed E-state index contributed by atoms with van der Waals surface area (Å²) in [6.45, 7) is 2.19. The SMILES string of the molecule is CN(C)CCCN(C)CC(=O)c1cccc(F)c1. The highest BCUT2D eigenvalue weighted by molar-refractivity contribution is 5.97. The number of likely N-dealkylation sites (N-methyl/N-ethyl adjacent to an activating group) is 1. The van der Waals surface area contributed by atoms with Crippen molar-refractivity contribution >= 4 is 5.78 Å². The van der Waals surface area contributed by atoms with Crippen molar-refractivity contribution in [2.24, 2.45) is 0 Å². The van der Waals surface area contributed by atoms with Crippen LogP contribution in [0.2, 0.25) is 0 Å². The Balaban J connectivity index is 2.40. The van der Waals surface area contributed by atoms with Crippen LogP contribution in [-0.4, -0.2) is 56.4 Å². The second kappa shape index (κ2) is 7.24. The quantitative estimate of drug-likeness (QED) is 0.692. The average molecular weight is 252 g/mol. The normalized spacial score (nSPS) is 11.2. The van der Waals surface area contributed by atoms with Crippen LogP contribution in [0.4, 0.5) is 4.39 Å². The van der Waals surface area contributed by atoms with Crippen LogP contribution >= 0.6 is 0 Å². The lowest BCUT2D eigenvalue weighted by molar-refractivity contribution is 0.0944. The maximum absolute atomic E-state index is 13.0. The van der Waals surface area contributed by atoms with Crippen molar-refractivity contribution in [2.45, 2.75) is 6.42 Å². The number of carbonyl (C=O) groups is 1. The summed E-state index contributed by atoms with van der Waals surface area (Å²) in [4.78, 5) is 16.0. The molecule has 4 heteroatoms. The number of hydrogen-bond acceptors (Lipinski definition) is 3. The molecule has 0 aromatic heterocycles. The Kier molecular flexibility index (Phi) is 5.95. The summed E-state index contributed by atoms with van der Waals surface area (Å²) in [7, 11) is 5.96. The van der Waals surface area contributed by atoms with Crippen LogP contribution < -0.4 is 0 Å². The summed E-state index contributed by atoms with van der Waals surface area (Å²) in [6.07, 6.45) is 1.01. The molecule has 1 rings (SSSR count). The molecule has 0 fully saturated rings. The van der Waals surface area contributed by atoms with E-state index in [9.17, 15) is 9.18 Å². The minimum atomic E-state index is -0.365. The number of Topliss-reactive ketones (excluding diaryl/α,β-unsaturated/α-hetero) is 1. The highest BCUT2D eigenvalue weighted by Crippen LogP contribution is 2.05. The van der Waals surface area contributed by atoms with Crippen LogP contribution in [0.5, 0.6) is 0 Å². The number of halogens is 1. The van der Waals surface area contributed by atoms with E-state index < -0.39 is 0 Å². The van der Waals surface area contributed by atoms with Gasteiger partial charge in [-0.15, -0.1) is 0 Å². The Hall–Kier alpha value is -1.26. The first-order chi connectivity index (χ1) is 8.49. The lowest BCUT2D eigenvalue weighted by Crippen LogP contribution is -2.29. The Labute approximate surface area is 108 Å². The van der Waals surface area contributed by atoms with E-state index in [2.05, 4.69) is 4.90 Å². The molecular weight excluding hydrogens is 231 g/mol. The minimum Gasteiger partial charge on any atom is -0.309 e. The Morgan fingerprint density at radius 1 is 1.22 bits per heavy atom. The molecule has 0 aliphatic heterocycles. The lowest BCUT2D eigenvalue weighted by Gasteiger charge is -2.17. The predicted molar refractivity (Wildman–Crippen MR) is 71.4 cm³/mol. The van der Waals surface area contributed by atoms with Gasteiger partial charge >= 0.3 is 0 Å². The van der Waals surface area contributed by atoms with Gasteiger partial charge in [-0.05, 0) is 52.8 Å². The lowest BCUT2D eigenvalue weighted by atomic mass is 10.1. The van der Waals surface area contributed by atoms with Crippen molar-refractivity contribution in [2.75, 3.05) is 40.8 Å². The van der Waals surface area contributed by atoms with Crippen LogP contribution in [-0.2, 0) is 0 Å². The second-order valence-corrected chi connectivity index (χ2v) is 4.83. The van der Waals surface area contributed by atoms with E-state index in [0.29, 0.717) is 12.1 Å². The van der Waals surface area contributed by atoms with Gasteiger partial charge in [-0.1, -0.05) is 12.1 Å². The molecule has 0 spiro atoms. The van der Waals surface area contributed by atoms with E-state index in [-0.39, 0.29) is 11.6 Å². The Morgan fingerprint density at radius 2 is 1.94 bits per heavy atom. The number of ketones is 1. The molecule has 0 aliphatic rings. The van der Waals surface area contributed by atoms with E-state index in [0.717, 1.165) is 19.5 Å². The number of hydrogen-bond donors (Lipinski definition) is 0. The van der Waals surface area contributed by atoms with Crippen molar-refractivity contribution in [3.05, 3.63) is 35.6 Å². The van der Waals surface area contributed by atoms with Gasteiger partial charge in [0.1, 0.15) is 5.82 Å². The molecule has 0 saturated heterocycles. The second-order valence-electron chi connectivity index (χ2n) is 4.83. The zero-order valence-electron chi connectivity index (χ0n) is 11.3. The third-order valence-corrected chi connectivity index (χ3v) is 2.71. The fourth-order valence-corrected chi connectivity index (χ4v) is 1.73. The van der Waals surface area contributed by atoms with Crippen LogP contribution in [0, 0.1) is 5.82 Å². The zero-order valence-corrected chi connectivity index (χ0v) is 11.3. The van der Waals surface area contributed by atoms with Crippen molar-refractivity contribution in [1.82, 2.24) is 9.80 Å². The number of nitrogens with zero attached hydrogens (tertiary/aromatic N) is 2. The van der Waals surface area contributed by atoms with Crippen molar-refractivity contribution < 1.29 is 9.18 Å². The third-order valence-electron chi connectivity index (χ3n) is 2.71. The van der Waals surface area contributed by atoms with Crippen molar-refractivity contribution in [3.8, 4) is 0 Å². The summed E-state index contributed by atoms with van der Waals surface area (Å²) < 4.78 is 13.0. The smallest absolute Gasteiger partial charge is 0.176 e. The summed E-state index contributed by atoms with van der Waals surface area (Å²) >= 11 is 0. The highest BCUT2D eigenvalue weighted by atomic mass is 19.1. The molecule has 0 aliphatic carbocycles. The summed E-state index contributed by atoms with van der Waals surface area (Å²) in [5.41, 5.74) is 0.439. The van der Waals surface area contributed by atoms with Gasteiger partial charge in [0, 0.05) is 5.56 Å². The van der Waals surface area contributed by atoms with Gasteiger partial charge in [-0.25, -0.2) is 4.39 Å². The molecule has 3 nitrogen and oxygen atoms in total. The van der Waals surface area contributed by atoms with E-state index in [1.54, 1.807) is 12.1 Å². The molecule has 18 heavy (non-hydrogen) atoms. The number of rotatable bonds is 7. The molecule has 0 unspecified atom stereocenters. The summed E-state index contributed by atoms with van der Waals surface area (Å²) in [5, 5.41) is 0. The molecule has 0 saturated carbocycles. The molecular formula is C14H21FN2O. The number of carbonyl (C=O) groups excluding carboxylic acids is 1. The first-order valence-corrected chi connectivity index (χ1v) is 6.11. The molecule has 0 atom stereocenters. The maximum atomic E-state index is 13.0. The molecule has 0 heterocycles. The van der Waals surface area contributed by atoms with Crippen LogP contribution in [0.3, 0.4) is 0 Å². The molecule has 100 valence electrons. The molecule has 0 radical (unpaired) electrons. The molecule has 1 aromatic rings. The first kappa shape index (κ1) is 14.8. The molecule has 0 bridgehead atoms. The minimum absolute atomic E-state index is 0.0400. The highest BCUT2D eigenvalue weighted by Gasteiger charge is 2.09. The van der Waals surface area contributed by atoms with Crippen LogP contribution in [0.25, 0.3) is 0 Å². The Morgan fingerprint density at radius 3 is 2.56 bits per heavy atom. The first-order valence-electron chi connectivity index (χ1n) is 6.11. The Bertz CT molecular complexity index is 393.